The van der Waals surface area contributed by atoms with Crippen molar-refractivity contribution in [3.8, 4) is 5.88 Å². The van der Waals surface area contributed by atoms with Gasteiger partial charge in [0.2, 0.25) is 5.88 Å². The first-order chi connectivity index (χ1) is 12.7. The molecule has 3 rings (SSSR count). The topological polar surface area (TPSA) is 57.7 Å². The maximum atomic E-state index is 12.6. The molecule has 0 aliphatic carbocycles. The number of nitrogens with zero attached hydrogens (tertiary/aromatic N) is 3. The highest BCUT2D eigenvalue weighted by Crippen LogP contribution is 2.20. The van der Waals surface area contributed by atoms with Crippen molar-refractivity contribution >= 4 is 23.3 Å². The van der Waals surface area contributed by atoms with E-state index in [2.05, 4.69) is 15.2 Å². The lowest BCUT2D eigenvalue weighted by Crippen LogP contribution is -2.38. The van der Waals surface area contributed by atoms with Crippen molar-refractivity contribution in [3.63, 3.8) is 0 Å². The van der Waals surface area contributed by atoms with E-state index in [9.17, 15) is 4.79 Å². The third-order valence-electron chi connectivity index (χ3n) is 4.40. The van der Waals surface area contributed by atoms with Gasteiger partial charge in [-0.25, -0.2) is 9.78 Å². The molecule has 26 heavy (non-hydrogen) atoms. The first-order valence-electron chi connectivity index (χ1n) is 8.67. The summed E-state index contributed by atoms with van der Waals surface area (Å²) in [6, 6.07) is 11.4. The van der Waals surface area contributed by atoms with Crippen molar-refractivity contribution in [1.29, 1.82) is 0 Å². The van der Waals surface area contributed by atoms with Gasteiger partial charge >= 0.3 is 6.03 Å². The zero-order valence-electron chi connectivity index (χ0n) is 14.8. The summed E-state index contributed by atoms with van der Waals surface area (Å²) in [6.45, 7) is 4.07. The molecule has 0 bridgehead atoms. The lowest BCUT2D eigenvalue weighted by molar-refractivity contribution is 0.211. The lowest BCUT2D eigenvalue weighted by Gasteiger charge is -2.22. The van der Waals surface area contributed by atoms with E-state index in [0.29, 0.717) is 18.1 Å². The minimum absolute atomic E-state index is 0.121. The van der Waals surface area contributed by atoms with Gasteiger partial charge in [-0.2, -0.15) is 0 Å². The Morgan fingerprint density at radius 1 is 1.19 bits per heavy atom. The second-order valence-corrected chi connectivity index (χ2v) is 6.67. The molecule has 7 heteroatoms. The molecule has 2 aromatic rings. The van der Waals surface area contributed by atoms with E-state index in [1.807, 2.05) is 29.2 Å². The van der Waals surface area contributed by atoms with Crippen molar-refractivity contribution in [3.05, 3.63) is 53.2 Å². The van der Waals surface area contributed by atoms with Gasteiger partial charge in [0.1, 0.15) is 5.69 Å². The zero-order valence-corrected chi connectivity index (χ0v) is 15.6. The Balaban J connectivity index is 1.56. The van der Waals surface area contributed by atoms with Gasteiger partial charge < -0.3 is 15.0 Å². The van der Waals surface area contributed by atoms with Crippen LogP contribution in [0.4, 0.5) is 10.5 Å². The number of nitrogens with one attached hydrogen (secondary N) is 1. The van der Waals surface area contributed by atoms with Crippen LogP contribution in [0.1, 0.15) is 12.0 Å². The fourth-order valence-electron chi connectivity index (χ4n) is 3.02. The van der Waals surface area contributed by atoms with Gasteiger partial charge in [0.15, 0.2) is 0 Å². The van der Waals surface area contributed by atoms with Crippen molar-refractivity contribution < 1.29 is 9.53 Å². The minimum Gasteiger partial charge on any atom is -0.480 e. The van der Waals surface area contributed by atoms with Gasteiger partial charge in [-0.1, -0.05) is 23.7 Å². The first kappa shape index (κ1) is 18.5. The molecule has 0 spiro atoms. The number of hydrogen-bond donors (Lipinski definition) is 1. The molecule has 1 aromatic carbocycles. The maximum absolute atomic E-state index is 12.6. The normalized spacial score (nSPS) is 15.4. The summed E-state index contributed by atoms with van der Waals surface area (Å²) in [7, 11) is 1.54. The van der Waals surface area contributed by atoms with E-state index in [1.54, 1.807) is 25.4 Å². The summed E-state index contributed by atoms with van der Waals surface area (Å²) in [4.78, 5) is 20.9. The molecule has 1 aliphatic heterocycles. The molecule has 1 aromatic heterocycles. The number of anilines is 1. The number of urea groups is 1. The summed E-state index contributed by atoms with van der Waals surface area (Å²) in [5, 5.41) is 3.64. The van der Waals surface area contributed by atoms with E-state index in [4.69, 9.17) is 16.3 Å². The van der Waals surface area contributed by atoms with E-state index in [1.165, 1.54) is 5.56 Å². The SMILES string of the molecule is COc1ncccc1NC(=O)N1CCCN(Cc2ccc(Cl)cc2)CC1. The standard InChI is InChI=1S/C19H23ClN4O2/c1-26-18-17(4-2-9-21-18)22-19(25)24-11-3-10-23(12-13-24)14-15-5-7-16(20)8-6-15/h2,4-9H,3,10-14H2,1H3,(H,22,25). The Kier molecular flexibility index (Phi) is 6.30. The number of benzene rings is 1. The summed E-state index contributed by atoms with van der Waals surface area (Å²) in [6.07, 6.45) is 2.57. The van der Waals surface area contributed by atoms with Gasteiger partial charge in [-0.15, -0.1) is 0 Å². The first-order valence-corrected chi connectivity index (χ1v) is 9.05. The number of ether oxygens (including phenoxy) is 1. The Bertz CT molecular complexity index is 739. The number of methoxy groups -OCH3 is 1. The average molecular weight is 375 g/mol. The Morgan fingerprint density at radius 3 is 2.77 bits per heavy atom. The van der Waals surface area contributed by atoms with Crippen LogP contribution < -0.4 is 10.1 Å². The van der Waals surface area contributed by atoms with Gasteiger partial charge in [0, 0.05) is 43.9 Å². The van der Waals surface area contributed by atoms with Crippen molar-refractivity contribution in [1.82, 2.24) is 14.8 Å². The molecule has 0 saturated carbocycles. The molecule has 1 saturated heterocycles. The summed E-state index contributed by atoms with van der Waals surface area (Å²) >= 11 is 5.94. The Morgan fingerprint density at radius 2 is 2.00 bits per heavy atom. The van der Waals surface area contributed by atoms with Crippen LogP contribution in [0.3, 0.4) is 0 Å². The molecular formula is C19H23ClN4O2. The van der Waals surface area contributed by atoms with Crippen LogP contribution in [0, 0.1) is 0 Å². The highest BCUT2D eigenvalue weighted by atomic mass is 35.5. The molecule has 6 nitrogen and oxygen atoms in total. The quantitative estimate of drug-likeness (QED) is 0.890. The molecular weight excluding hydrogens is 352 g/mol. The molecule has 0 radical (unpaired) electrons. The molecule has 1 aliphatic rings. The number of aromatic nitrogens is 1. The fourth-order valence-corrected chi connectivity index (χ4v) is 3.15. The summed E-state index contributed by atoms with van der Waals surface area (Å²) < 4.78 is 5.19. The van der Waals surface area contributed by atoms with Gasteiger partial charge in [0.25, 0.3) is 0 Å². The third-order valence-corrected chi connectivity index (χ3v) is 4.65. The molecule has 1 fully saturated rings. The number of carbonyl (C=O) groups is 1. The average Bonchev–Trinajstić information content (AvgIpc) is 2.90. The Hall–Kier alpha value is -2.31. The largest absolute Gasteiger partial charge is 0.480 e. The lowest BCUT2D eigenvalue weighted by atomic mass is 10.2. The molecule has 2 amide bonds. The number of amides is 2. The van der Waals surface area contributed by atoms with Gasteiger partial charge in [-0.3, -0.25) is 4.90 Å². The van der Waals surface area contributed by atoms with E-state index < -0.39 is 0 Å². The molecule has 138 valence electrons. The van der Waals surface area contributed by atoms with Crippen LogP contribution in [-0.4, -0.2) is 54.1 Å². The molecule has 2 heterocycles. The maximum Gasteiger partial charge on any atom is 0.322 e. The molecule has 1 N–H and O–H groups in total. The zero-order chi connectivity index (χ0) is 18.4. The summed E-state index contributed by atoms with van der Waals surface area (Å²) in [5.41, 5.74) is 1.81. The number of pyridine rings is 1. The smallest absolute Gasteiger partial charge is 0.322 e. The van der Waals surface area contributed by atoms with E-state index in [0.717, 1.165) is 37.6 Å². The molecule has 0 atom stereocenters. The van der Waals surface area contributed by atoms with Gasteiger partial charge in [0.05, 0.1) is 7.11 Å². The van der Waals surface area contributed by atoms with Crippen LogP contribution in [-0.2, 0) is 6.54 Å². The van der Waals surface area contributed by atoms with Crippen LogP contribution >= 0.6 is 11.6 Å². The highest BCUT2D eigenvalue weighted by molar-refractivity contribution is 6.30. The van der Waals surface area contributed by atoms with Crippen molar-refractivity contribution in [2.75, 3.05) is 38.6 Å². The van der Waals surface area contributed by atoms with Crippen LogP contribution in [0.2, 0.25) is 5.02 Å². The monoisotopic (exact) mass is 374 g/mol. The third kappa shape index (κ3) is 4.86. The number of carbonyl (C=O) groups excluding carboxylic acids is 1. The van der Waals surface area contributed by atoms with Crippen molar-refractivity contribution in [2.24, 2.45) is 0 Å². The second kappa shape index (κ2) is 8.87. The number of rotatable bonds is 4. The minimum atomic E-state index is -0.121. The predicted molar refractivity (Wildman–Crippen MR) is 103 cm³/mol. The fraction of sp³-hybridized carbons (Fsp3) is 0.368. The molecule has 0 unspecified atom stereocenters. The second-order valence-electron chi connectivity index (χ2n) is 6.23. The van der Waals surface area contributed by atoms with Crippen LogP contribution in [0.25, 0.3) is 0 Å². The Labute approximate surface area is 158 Å². The highest BCUT2D eigenvalue weighted by Gasteiger charge is 2.20. The van der Waals surface area contributed by atoms with Crippen molar-refractivity contribution in [2.45, 2.75) is 13.0 Å². The number of halogens is 1. The van der Waals surface area contributed by atoms with E-state index >= 15 is 0 Å². The predicted octanol–water partition coefficient (Wildman–Crippen LogP) is 3.48. The number of hydrogen-bond acceptors (Lipinski definition) is 4. The van der Waals surface area contributed by atoms with Crippen LogP contribution in [0.5, 0.6) is 5.88 Å². The van der Waals surface area contributed by atoms with Crippen LogP contribution in [0.15, 0.2) is 42.6 Å². The van der Waals surface area contributed by atoms with Gasteiger partial charge in [-0.05, 0) is 36.2 Å². The van der Waals surface area contributed by atoms with E-state index in [-0.39, 0.29) is 6.03 Å². The summed E-state index contributed by atoms with van der Waals surface area (Å²) in [5.74, 6) is 0.417.